The maximum Gasteiger partial charge on any atom is 0.239 e. The van der Waals surface area contributed by atoms with Gasteiger partial charge in [0.1, 0.15) is 0 Å². The van der Waals surface area contributed by atoms with Crippen molar-refractivity contribution in [1.29, 1.82) is 0 Å². The summed E-state index contributed by atoms with van der Waals surface area (Å²) in [4.78, 5) is 29.6. The van der Waals surface area contributed by atoms with E-state index in [0.29, 0.717) is 32.1 Å². The molecule has 2 aliphatic carbocycles. The molecule has 6 nitrogen and oxygen atoms in total. The molecule has 5 fully saturated rings. The first kappa shape index (κ1) is 20.7. The molecule has 0 aromatic rings. The highest BCUT2D eigenvalue weighted by Crippen LogP contribution is 2.46. The molecular weight excluding hydrogens is 376 g/mol. The van der Waals surface area contributed by atoms with E-state index >= 15 is 0 Å². The number of carbonyl (C=O) groups is 2. The normalized spacial score (nSPS) is 38.6. The lowest BCUT2D eigenvalue weighted by molar-refractivity contribution is -0.144. The van der Waals surface area contributed by atoms with Crippen LogP contribution in [0, 0.1) is 23.2 Å². The number of hydrogen-bond acceptors (Lipinski definition) is 4. The van der Waals surface area contributed by atoms with Gasteiger partial charge in [-0.3, -0.25) is 9.59 Å². The summed E-state index contributed by atoms with van der Waals surface area (Å²) in [7, 11) is 0. The van der Waals surface area contributed by atoms with Crippen LogP contribution in [0.5, 0.6) is 0 Å². The van der Waals surface area contributed by atoms with Crippen LogP contribution in [0.25, 0.3) is 0 Å². The van der Waals surface area contributed by atoms with Crippen molar-refractivity contribution < 1.29 is 9.59 Å². The minimum atomic E-state index is -0.0983. The van der Waals surface area contributed by atoms with Crippen LogP contribution in [0.1, 0.15) is 64.7 Å². The van der Waals surface area contributed by atoms with Crippen molar-refractivity contribution in [3.63, 3.8) is 0 Å². The maximum atomic E-state index is 13.1. The topological polar surface area (TPSA) is 64.7 Å². The van der Waals surface area contributed by atoms with Gasteiger partial charge in [0.2, 0.25) is 11.8 Å². The van der Waals surface area contributed by atoms with Crippen LogP contribution in [0.3, 0.4) is 0 Å². The Kier molecular flexibility index (Phi) is 5.82. The molecule has 5 rings (SSSR count). The summed E-state index contributed by atoms with van der Waals surface area (Å²) in [5.41, 5.74) is -0.0983. The maximum absolute atomic E-state index is 13.1. The Hall–Kier alpha value is -1.14. The van der Waals surface area contributed by atoms with Crippen molar-refractivity contribution in [2.45, 2.75) is 76.8 Å². The first-order chi connectivity index (χ1) is 14.5. The average Bonchev–Trinajstić information content (AvgIpc) is 3.56. The number of nitrogens with one attached hydrogen (secondary N) is 2. The molecule has 5 aliphatic rings. The highest BCUT2D eigenvalue weighted by molar-refractivity contribution is 5.86. The number of carbonyl (C=O) groups excluding carboxylic acids is 2. The number of rotatable bonds is 3. The molecule has 6 heteroatoms. The fourth-order valence-corrected chi connectivity index (χ4v) is 6.59. The van der Waals surface area contributed by atoms with Gasteiger partial charge in [-0.15, -0.1) is 0 Å². The molecular formula is C24H40N4O2. The summed E-state index contributed by atoms with van der Waals surface area (Å²) in [6.45, 7) is 7.09. The standard InChI is InChI=1S/C24H40N4O2/c1-24(8-9-24)23(30)28-13-11-27(12-14-28)22(29)21-7-5-19(16-26-21)17-4-6-20-18(15-17)3-2-10-25-20/h17-21,25-26H,2-16H2,1H3. The van der Waals surface area contributed by atoms with Crippen molar-refractivity contribution in [2.24, 2.45) is 23.2 Å². The molecule has 168 valence electrons. The van der Waals surface area contributed by atoms with Crippen molar-refractivity contribution in [2.75, 3.05) is 39.3 Å². The van der Waals surface area contributed by atoms with Crippen molar-refractivity contribution in [3.05, 3.63) is 0 Å². The summed E-state index contributed by atoms with van der Waals surface area (Å²) in [5, 5.41) is 7.35. The van der Waals surface area contributed by atoms with Gasteiger partial charge in [-0.25, -0.2) is 0 Å². The van der Waals surface area contributed by atoms with E-state index in [1.807, 2.05) is 9.80 Å². The zero-order chi connectivity index (χ0) is 20.7. The van der Waals surface area contributed by atoms with E-state index in [1.165, 1.54) is 45.1 Å². The molecule has 3 heterocycles. The van der Waals surface area contributed by atoms with E-state index in [4.69, 9.17) is 0 Å². The molecule has 0 aromatic heterocycles. The van der Waals surface area contributed by atoms with E-state index in [9.17, 15) is 9.59 Å². The van der Waals surface area contributed by atoms with Gasteiger partial charge in [-0.2, -0.15) is 0 Å². The predicted molar refractivity (Wildman–Crippen MR) is 117 cm³/mol. The summed E-state index contributed by atoms with van der Waals surface area (Å²) >= 11 is 0. The molecule has 3 aliphatic heterocycles. The third-order valence-corrected chi connectivity index (χ3v) is 8.99. The van der Waals surface area contributed by atoms with Crippen molar-refractivity contribution in [3.8, 4) is 0 Å². The molecule has 0 spiro atoms. The number of nitrogens with zero attached hydrogens (tertiary/aromatic N) is 2. The first-order valence-electron chi connectivity index (χ1n) is 12.6. The zero-order valence-electron chi connectivity index (χ0n) is 18.7. The SMILES string of the molecule is CC1(C(=O)N2CCN(C(=O)C3CCC(C4CCC5NCCCC5C4)CN3)CC2)CC1. The lowest BCUT2D eigenvalue weighted by atomic mass is 9.68. The van der Waals surface area contributed by atoms with Crippen LogP contribution >= 0.6 is 0 Å². The lowest BCUT2D eigenvalue weighted by Crippen LogP contribution is -2.57. The van der Waals surface area contributed by atoms with E-state index in [0.717, 1.165) is 49.6 Å². The zero-order valence-corrected chi connectivity index (χ0v) is 18.7. The fourth-order valence-electron chi connectivity index (χ4n) is 6.59. The smallest absolute Gasteiger partial charge is 0.239 e. The van der Waals surface area contributed by atoms with Crippen molar-refractivity contribution in [1.82, 2.24) is 20.4 Å². The van der Waals surface area contributed by atoms with Gasteiger partial charge in [0.15, 0.2) is 0 Å². The van der Waals surface area contributed by atoms with Crippen molar-refractivity contribution >= 4 is 11.8 Å². The van der Waals surface area contributed by atoms with Crippen LogP contribution in [-0.4, -0.2) is 73.0 Å². The second-order valence-electron chi connectivity index (χ2n) is 11.0. The molecule has 2 saturated carbocycles. The summed E-state index contributed by atoms with van der Waals surface area (Å²) in [6.07, 6.45) is 11.0. The summed E-state index contributed by atoms with van der Waals surface area (Å²) in [6, 6.07) is 0.756. The number of fused-ring (bicyclic) bond motifs is 1. The van der Waals surface area contributed by atoms with E-state index in [2.05, 4.69) is 17.6 Å². The van der Waals surface area contributed by atoms with Crippen LogP contribution in [0.4, 0.5) is 0 Å². The van der Waals surface area contributed by atoms with Crippen LogP contribution in [-0.2, 0) is 9.59 Å². The summed E-state index contributed by atoms with van der Waals surface area (Å²) in [5.74, 6) is 3.03. The lowest BCUT2D eigenvalue weighted by Gasteiger charge is -2.44. The van der Waals surface area contributed by atoms with E-state index in [1.54, 1.807) is 0 Å². The van der Waals surface area contributed by atoms with Gasteiger partial charge in [0.05, 0.1) is 6.04 Å². The number of piperidine rings is 2. The monoisotopic (exact) mass is 416 g/mol. The predicted octanol–water partition coefficient (Wildman–Crippen LogP) is 1.99. The third kappa shape index (κ3) is 4.14. The van der Waals surface area contributed by atoms with Crippen LogP contribution in [0.2, 0.25) is 0 Å². The van der Waals surface area contributed by atoms with Gasteiger partial charge in [0.25, 0.3) is 0 Å². The molecule has 0 bridgehead atoms. The van der Waals surface area contributed by atoms with E-state index in [-0.39, 0.29) is 17.4 Å². The number of hydrogen-bond donors (Lipinski definition) is 2. The highest BCUT2D eigenvalue weighted by atomic mass is 16.2. The average molecular weight is 417 g/mol. The minimum absolute atomic E-state index is 0.0165. The van der Waals surface area contributed by atoms with Gasteiger partial charge >= 0.3 is 0 Å². The Balaban J connectivity index is 1.07. The summed E-state index contributed by atoms with van der Waals surface area (Å²) < 4.78 is 0. The molecule has 2 amide bonds. The number of amides is 2. The molecule has 0 aromatic carbocycles. The minimum Gasteiger partial charge on any atom is -0.339 e. The second-order valence-corrected chi connectivity index (χ2v) is 11.0. The van der Waals surface area contributed by atoms with E-state index < -0.39 is 0 Å². The van der Waals surface area contributed by atoms with Gasteiger partial charge in [-0.1, -0.05) is 6.92 Å². The molecule has 30 heavy (non-hydrogen) atoms. The van der Waals surface area contributed by atoms with Gasteiger partial charge in [0, 0.05) is 37.6 Å². The van der Waals surface area contributed by atoms with Gasteiger partial charge in [-0.05, 0) is 88.6 Å². The van der Waals surface area contributed by atoms with Crippen LogP contribution in [0.15, 0.2) is 0 Å². The third-order valence-electron chi connectivity index (χ3n) is 8.99. The molecule has 5 unspecified atom stereocenters. The molecule has 0 radical (unpaired) electrons. The quantitative estimate of drug-likeness (QED) is 0.739. The Labute approximate surface area is 181 Å². The Morgan fingerprint density at radius 1 is 0.833 bits per heavy atom. The Morgan fingerprint density at radius 3 is 2.27 bits per heavy atom. The number of piperazine rings is 1. The highest BCUT2D eigenvalue weighted by Gasteiger charge is 2.47. The first-order valence-corrected chi connectivity index (χ1v) is 12.6. The van der Waals surface area contributed by atoms with Crippen LogP contribution < -0.4 is 10.6 Å². The Bertz CT molecular complexity index is 648. The second kappa shape index (κ2) is 8.42. The molecule has 2 N–H and O–H groups in total. The van der Waals surface area contributed by atoms with Gasteiger partial charge < -0.3 is 20.4 Å². The molecule has 3 saturated heterocycles. The Morgan fingerprint density at radius 2 is 1.57 bits per heavy atom. The molecule has 5 atom stereocenters. The largest absolute Gasteiger partial charge is 0.339 e. The fraction of sp³-hybridized carbons (Fsp3) is 0.917.